The molecule has 1 heterocycles. The molecule has 0 saturated carbocycles. The average Bonchev–Trinajstić information content (AvgIpc) is 2.01. The van der Waals surface area contributed by atoms with Crippen LogP contribution in [0.15, 0.2) is 0 Å². The monoisotopic (exact) mass is 264 g/mol. The van der Waals surface area contributed by atoms with Gasteiger partial charge in [0.25, 0.3) is 0 Å². The Kier molecular flexibility index (Phi) is 7.12. The molecule has 0 aromatic heterocycles. The molecule has 9 nitrogen and oxygen atoms in total. The third-order valence-corrected chi connectivity index (χ3v) is 1.47. The maximum absolute atomic E-state index is 9.96. The smallest absolute Gasteiger partial charge is 0.394 e. The average molecular weight is 264 g/mol. The Labute approximate surface area is 89.0 Å². The summed E-state index contributed by atoms with van der Waals surface area (Å²) in [7, 11) is -4.67. The third-order valence-electron chi connectivity index (χ3n) is 1.14. The highest BCUT2D eigenvalue weighted by molar-refractivity contribution is 7.79. The molecular weight excluding hydrogens is 254 g/mol. The Balaban J connectivity index is 0.000000336. The van der Waals surface area contributed by atoms with Gasteiger partial charge >= 0.3 is 10.4 Å². The van der Waals surface area contributed by atoms with Crippen molar-refractivity contribution >= 4 is 21.8 Å². The number of morpholine rings is 1. The lowest BCUT2D eigenvalue weighted by Crippen LogP contribution is -2.36. The molecule has 1 saturated heterocycles. The Morgan fingerprint density at radius 2 is 1.73 bits per heavy atom. The SMILES string of the molecule is O=S(=O)(O)O.O=S([O-])ON1CCOCC1. The van der Waals surface area contributed by atoms with Crippen molar-refractivity contribution in [2.24, 2.45) is 0 Å². The summed E-state index contributed by atoms with van der Waals surface area (Å²) in [6.45, 7) is 2.07. The second kappa shape index (κ2) is 7.19. The second-order valence-corrected chi connectivity index (χ2v) is 3.72. The van der Waals surface area contributed by atoms with Crippen LogP contribution in [0.3, 0.4) is 0 Å². The van der Waals surface area contributed by atoms with Crippen LogP contribution in [0.25, 0.3) is 0 Å². The molecule has 0 bridgehead atoms. The van der Waals surface area contributed by atoms with Gasteiger partial charge < -0.3 is 9.29 Å². The van der Waals surface area contributed by atoms with Crippen molar-refractivity contribution in [2.45, 2.75) is 0 Å². The van der Waals surface area contributed by atoms with E-state index >= 15 is 0 Å². The lowest BCUT2D eigenvalue weighted by molar-refractivity contribution is -0.114. The van der Waals surface area contributed by atoms with Crippen LogP contribution in [0.5, 0.6) is 0 Å². The summed E-state index contributed by atoms with van der Waals surface area (Å²) in [5.74, 6) is 0. The summed E-state index contributed by atoms with van der Waals surface area (Å²) in [5.41, 5.74) is 0. The van der Waals surface area contributed by atoms with E-state index in [2.05, 4.69) is 4.28 Å². The Morgan fingerprint density at radius 1 is 1.33 bits per heavy atom. The molecule has 92 valence electrons. The van der Waals surface area contributed by atoms with Gasteiger partial charge in [0, 0.05) is 13.1 Å². The predicted molar refractivity (Wildman–Crippen MR) is 46.6 cm³/mol. The molecule has 15 heavy (non-hydrogen) atoms. The van der Waals surface area contributed by atoms with Gasteiger partial charge in [-0.25, -0.2) is 8.49 Å². The molecule has 2 N–H and O–H groups in total. The number of ether oxygens (including phenoxy) is 1. The summed E-state index contributed by atoms with van der Waals surface area (Å²) in [5, 5.41) is 1.35. The Bertz CT molecular complexity index is 275. The van der Waals surface area contributed by atoms with Gasteiger partial charge in [-0.15, -0.1) is 0 Å². The number of nitrogens with zero attached hydrogens (tertiary/aromatic N) is 1. The van der Waals surface area contributed by atoms with Crippen LogP contribution in [-0.2, 0) is 30.8 Å². The van der Waals surface area contributed by atoms with Crippen LogP contribution in [0, 0.1) is 0 Å². The highest BCUT2D eigenvalue weighted by atomic mass is 32.3. The molecule has 1 unspecified atom stereocenters. The van der Waals surface area contributed by atoms with Gasteiger partial charge in [-0.1, -0.05) is 0 Å². The molecular formula is C4H10NO8S2-. The molecule has 1 atom stereocenters. The minimum atomic E-state index is -4.67. The van der Waals surface area contributed by atoms with Gasteiger partial charge in [0.15, 0.2) is 0 Å². The number of rotatable bonds is 2. The first-order valence-electron chi connectivity index (χ1n) is 3.59. The molecule has 11 heteroatoms. The molecule has 0 aromatic carbocycles. The van der Waals surface area contributed by atoms with E-state index in [4.69, 9.17) is 22.3 Å². The van der Waals surface area contributed by atoms with E-state index in [-0.39, 0.29) is 0 Å². The van der Waals surface area contributed by atoms with Crippen LogP contribution in [0.2, 0.25) is 0 Å². The van der Waals surface area contributed by atoms with Crippen LogP contribution >= 0.6 is 0 Å². The van der Waals surface area contributed by atoms with Crippen LogP contribution in [0.1, 0.15) is 0 Å². The van der Waals surface area contributed by atoms with Gasteiger partial charge in [0.2, 0.25) is 0 Å². The summed E-state index contributed by atoms with van der Waals surface area (Å²) >= 11 is -2.44. The highest BCUT2D eigenvalue weighted by Gasteiger charge is 2.10. The van der Waals surface area contributed by atoms with E-state index in [0.29, 0.717) is 26.3 Å². The molecule has 1 rings (SSSR count). The van der Waals surface area contributed by atoms with E-state index in [0.717, 1.165) is 0 Å². The predicted octanol–water partition coefficient (Wildman–Crippen LogP) is -1.61. The first kappa shape index (κ1) is 14.9. The molecule has 0 spiro atoms. The molecule has 1 aliphatic rings. The number of hydrogen-bond donors (Lipinski definition) is 2. The minimum Gasteiger partial charge on any atom is -0.748 e. The van der Waals surface area contributed by atoms with Crippen molar-refractivity contribution in [3.8, 4) is 0 Å². The van der Waals surface area contributed by atoms with Gasteiger partial charge in [-0.05, 0) is 0 Å². The molecule has 0 amide bonds. The van der Waals surface area contributed by atoms with Gasteiger partial charge in [-0.2, -0.15) is 13.5 Å². The Hall–Kier alpha value is -0.140. The second-order valence-electron chi connectivity index (χ2n) is 2.27. The van der Waals surface area contributed by atoms with E-state index in [1.807, 2.05) is 0 Å². The zero-order valence-corrected chi connectivity index (χ0v) is 9.07. The number of hydrogen-bond acceptors (Lipinski definition) is 7. The molecule has 0 aromatic rings. The summed E-state index contributed by atoms with van der Waals surface area (Å²) in [6.07, 6.45) is 0. The van der Waals surface area contributed by atoms with E-state index in [1.165, 1.54) is 5.06 Å². The quantitative estimate of drug-likeness (QED) is 0.445. The standard InChI is InChI=1S/C4H9NO4S.H2O4S/c6-10(7)9-5-1-3-8-4-2-5;1-5(2,3)4/h1-4H2,(H,6,7);(H2,1,2,3,4)/p-1. The van der Waals surface area contributed by atoms with E-state index in [9.17, 15) is 8.76 Å². The fourth-order valence-electron chi connectivity index (χ4n) is 0.707. The fraction of sp³-hybridized carbons (Fsp3) is 1.00. The minimum absolute atomic E-state index is 0.508. The molecule has 0 radical (unpaired) electrons. The highest BCUT2D eigenvalue weighted by Crippen LogP contribution is 1.97. The van der Waals surface area contributed by atoms with Crippen molar-refractivity contribution < 1.29 is 35.3 Å². The lowest BCUT2D eigenvalue weighted by Gasteiger charge is -2.25. The van der Waals surface area contributed by atoms with E-state index < -0.39 is 21.8 Å². The van der Waals surface area contributed by atoms with Crippen molar-refractivity contribution in [3.05, 3.63) is 0 Å². The lowest BCUT2D eigenvalue weighted by atomic mass is 10.5. The Morgan fingerprint density at radius 3 is 2.07 bits per heavy atom. The maximum Gasteiger partial charge on any atom is 0.394 e. The zero-order valence-electron chi connectivity index (χ0n) is 7.44. The van der Waals surface area contributed by atoms with Gasteiger partial charge in [0.05, 0.1) is 13.2 Å². The molecule has 1 aliphatic heterocycles. The van der Waals surface area contributed by atoms with Crippen molar-refractivity contribution in [3.63, 3.8) is 0 Å². The van der Waals surface area contributed by atoms with E-state index in [1.54, 1.807) is 0 Å². The van der Waals surface area contributed by atoms with Gasteiger partial charge in [-0.3, -0.25) is 9.11 Å². The van der Waals surface area contributed by atoms with Crippen molar-refractivity contribution in [2.75, 3.05) is 26.3 Å². The zero-order chi connectivity index (χ0) is 11.9. The fourth-order valence-corrected chi connectivity index (χ4v) is 1.03. The van der Waals surface area contributed by atoms with Crippen molar-refractivity contribution in [1.29, 1.82) is 0 Å². The first-order valence-corrected chi connectivity index (χ1v) is 5.99. The van der Waals surface area contributed by atoms with Gasteiger partial charge in [0.1, 0.15) is 11.4 Å². The van der Waals surface area contributed by atoms with Crippen LogP contribution < -0.4 is 0 Å². The van der Waals surface area contributed by atoms with Crippen LogP contribution in [0.4, 0.5) is 0 Å². The first-order chi connectivity index (χ1) is 6.79. The summed E-state index contributed by atoms with van der Waals surface area (Å²) < 4.78 is 60.8. The normalized spacial score (nSPS) is 20.2. The van der Waals surface area contributed by atoms with Crippen molar-refractivity contribution in [1.82, 2.24) is 5.06 Å². The number of hydroxylamine groups is 2. The van der Waals surface area contributed by atoms with Crippen LogP contribution in [-0.4, -0.2) is 57.7 Å². The molecule has 1 fully saturated rings. The third kappa shape index (κ3) is 13.9. The summed E-state index contributed by atoms with van der Waals surface area (Å²) in [4.78, 5) is 0. The molecule has 0 aliphatic carbocycles. The largest absolute Gasteiger partial charge is 0.748 e. The summed E-state index contributed by atoms with van der Waals surface area (Å²) in [6, 6.07) is 0. The topological polar surface area (TPSA) is 136 Å². The maximum atomic E-state index is 9.96.